The van der Waals surface area contributed by atoms with Crippen LogP contribution in [0.15, 0.2) is 55.1 Å². The molecular weight excluding hydrogens is 626 g/mol. The number of nitrogens with zero attached hydrogens (tertiary/aromatic N) is 1. The van der Waals surface area contributed by atoms with Gasteiger partial charge in [-0.1, -0.05) is 50.8 Å². The highest BCUT2D eigenvalue weighted by Gasteiger charge is 2.27. The molecule has 1 amide bonds. The number of pyridine rings is 1. The fourth-order valence-corrected chi connectivity index (χ4v) is 4.92. The zero-order valence-electron chi connectivity index (χ0n) is 28.2. The Morgan fingerprint density at radius 1 is 1.06 bits per heavy atom. The lowest BCUT2D eigenvalue weighted by atomic mass is 9.90. The number of hydrogen-bond donors (Lipinski definition) is 4. The van der Waals surface area contributed by atoms with Crippen LogP contribution in [-0.2, 0) is 20.7 Å². The summed E-state index contributed by atoms with van der Waals surface area (Å²) in [7, 11) is 1.47. The second-order valence-corrected chi connectivity index (χ2v) is 12.4. The molecule has 1 saturated carbocycles. The van der Waals surface area contributed by atoms with Crippen LogP contribution < -0.4 is 21.5 Å². The summed E-state index contributed by atoms with van der Waals surface area (Å²) in [6, 6.07) is 12.2. The fourth-order valence-electron chi connectivity index (χ4n) is 4.92. The molecule has 6 N–H and O–H groups in total. The van der Waals surface area contributed by atoms with Gasteiger partial charge in [-0.25, -0.2) is 9.78 Å². The Balaban J connectivity index is 1.73. The van der Waals surface area contributed by atoms with Crippen LogP contribution in [0.2, 0.25) is 0 Å². The first-order valence-corrected chi connectivity index (χ1v) is 16.1. The highest BCUT2D eigenvalue weighted by Crippen LogP contribution is 2.35. The highest BCUT2D eigenvalue weighted by atomic mass is 16.6. The van der Waals surface area contributed by atoms with E-state index in [0.717, 1.165) is 12.8 Å². The van der Waals surface area contributed by atoms with Gasteiger partial charge in [0.2, 0.25) is 0 Å². The summed E-state index contributed by atoms with van der Waals surface area (Å²) in [6.07, 6.45) is 2.79. The molecule has 12 nitrogen and oxygen atoms in total. The number of ketones is 1. The van der Waals surface area contributed by atoms with Crippen LogP contribution in [0, 0.1) is 17.2 Å². The Morgan fingerprint density at radius 3 is 2.35 bits per heavy atom. The standard InChI is InChI=1S/C37H43N5O7/c1-6-24-16-28(30(43)15-22-9-11-25(12-10-22)34(39)40)27(17-31(24)47-5)26-13-14-29(35(44)41-18-23-7-8-23)42-33(26)37(46)48-19-21(4)49-36(45)32(38)20(2)3/h6,9-14,16-17,20-21,23,32H,1,7-8,15,18-19,38H2,2-5H3,(H3,39,40)(H,41,44)/t21?,32-/m0/s1. The zero-order chi connectivity index (χ0) is 35.8. The fraction of sp³-hybridized carbons (Fsp3) is 0.351. The van der Waals surface area contributed by atoms with E-state index in [0.29, 0.717) is 40.5 Å². The van der Waals surface area contributed by atoms with Crippen molar-refractivity contribution in [3.05, 3.63) is 88.8 Å². The quantitative estimate of drug-likeness (QED) is 0.0738. The normalized spacial score (nSPS) is 13.6. The van der Waals surface area contributed by atoms with E-state index in [1.54, 1.807) is 69.3 Å². The lowest BCUT2D eigenvalue weighted by Gasteiger charge is -2.19. The molecule has 2 aromatic carbocycles. The number of carbonyl (C=O) groups is 4. The minimum absolute atomic E-state index is 0.00755. The molecule has 2 atom stereocenters. The number of ether oxygens (including phenoxy) is 3. The van der Waals surface area contributed by atoms with Crippen LogP contribution in [0.3, 0.4) is 0 Å². The number of rotatable bonds is 16. The van der Waals surface area contributed by atoms with Crippen LogP contribution in [0.5, 0.6) is 5.75 Å². The molecule has 1 fully saturated rings. The molecule has 3 aromatic rings. The van der Waals surface area contributed by atoms with Gasteiger partial charge >= 0.3 is 11.9 Å². The Labute approximate surface area is 285 Å². The van der Waals surface area contributed by atoms with Crippen molar-refractivity contribution >= 4 is 35.5 Å². The summed E-state index contributed by atoms with van der Waals surface area (Å²) in [6.45, 7) is 9.17. The van der Waals surface area contributed by atoms with E-state index in [2.05, 4.69) is 16.9 Å². The molecule has 4 rings (SSSR count). The average molecular weight is 670 g/mol. The first-order valence-electron chi connectivity index (χ1n) is 16.1. The minimum atomic E-state index is -0.895. The predicted molar refractivity (Wildman–Crippen MR) is 186 cm³/mol. The predicted octanol–water partition coefficient (Wildman–Crippen LogP) is 4.32. The van der Waals surface area contributed by atoms with Gasteiger partial charge in [-0.15, -0.1) is 0 Å². The Hall–Kier alpha value is -5.36. The third-order valence-electron chi connectivity index (χ3n) is 8.14. The molecule has 12 heteroatoms. The summed E-state index contributed by atoms with van der Waals surface area (Å²) < 4.78 is 16.5. The van der Waals surface area contributed by atoms with Crippen molar-refractivity contribution in [3.63, 3.8) is 0 Å². The summed E-state index contributed by atoms with van der Waals surface area (Å²) in [4.78, 5) is 57.5. The summed E-state index contributed by atoms with van der Waals surface area (Å²) in [5, 5.41) is 10.5. The van der Waals surface area contributed by atoms with Crippen molar-refractivity contribution in [2.75, 3.05) is 20.3 Å². The maximum absolute atomic E-state index is 13.9. The van der Waals surface area contributed by atoms with Crippen molar-refractivity contribution in [3.8, 4) is 16.9 Å². The number of hydrogen-bond acceptors (Lipinski definition) is 10. The highest BCUT2D eigenvalue weighted by molar-refractivity contribution is 6.07. The molecular formula is C37H43N5O7. The molecule has 1 aromatic heterocycles. The molecule has 1 aliphatic carbocycles. The molecule has 0 bridgehead atoms. The third-order valence-corrected chi connectivity index (χ3v) is 8.14. The lowest BCUT2D eigenvalue weighted by Crippen LogP contribution is -2.39. The molecule has 1 heterocycles. The largest absolute Gasteiger partial charge is 0.496 e. The van der Waals surface area contributed by atoms with Gasteiger partial charge in [0.1, 0.15) is 36.0 Å². The molecule has 1 unspecified atom stereocenters. The molecule has 49 heavy (non-hydrogen) atoms. The Kier molecular flexibility index (Phi) is 12.0. The molecule has 0 spiro atoms. The molecule has 0 radical (unpaired) electrons. The number of nitrogen functional groups attached to an aromatic ring is 1. The lowest BCUT2D eigenvalue weighted by molar-refractivity contribution is -0.152. The van der Waals surface area contributed by atoms with Crippen molar-refractivity contribution in [2.24, 2.45) is 23.3 Å². The van der Waals surface area contributed by atoms with Crippen LogP contribution >= 0.6 is 0 Å². The van der Waals surface area contributed by atoms with Crippen LogP contribution in [0.25, 0.3) is 17.2 Å². The summed E-state index contributed by atoms with van der Waals surface area (Å²) in [5.74, 6) is -1.69. The van der Waals surface area contributed by atoms with Crippen LogP contribution in [0.4, 0.5) is 0 Å². The van der Waals surface area contributed by atoms with E-state index >= 15 is 0 Å². The maximum atomic E-state index is 13.9. The Bertz CT molecular complexity index is 1750. The van der Waals surface area contributed by atoms with E-state index in [1.807, 2.05) is 0 Å². The van der Waals surface area contributed by atoms with Gasteiger partial charge in [0.05, 0.1) is 7.11 Å². The third kappa shape index (κ3) is 9.38. The van der Waals surface area contributed by atoms with Gasteiger partial charge < -0.3 is 31.0 Å². The minimum Gasteiger partial charge on any atom is -0.496 e. The average Bonchev–Trinajstić information content (AvgIpc) is 3.93. The number of esters is 2. The number of Topliss-reactive ketones (excluding diaryl/α,β-unsaturated/α-hetero) is 1. The van der Waals surface area contributed by atoms with E-state index in [4.69, 9.17) is 31.1 Å². The second-order valence-electron chi connectivity index (χ2n) is 12.4. The van der Waals surface area contributed by atoms with Crippen molar-refractivity contribution in [1.29, 1.82) is 5.41 Å². The topological polar surface area (TPSA) is 197 Å². The summed E-state index contributed by atoms with van der Waals surface area (Å²) >= 11 is 0. The van der Waals surface area contributed by atoms with Crippen molar-refractivity contribution in [2.45, 2.75) is 52.2 Å². The number of amides is 1. The van der Waals surface area contributed by atoms with E-state index in [1.165, 1.54) is 13.2 Å². The van der Waals surface area contributed by atoms with Crippen LogP contribution in [-0.4, -0.2) is 66.9 Å². The molecule has 0 saturated heterocycles. The number of carbonyl (C=O) groups excluding carboxylic acids is 4. The maximum Gasteiger partial charge on any atom is 0.357 e. The van der Waals surface area contributed by atoms with Gasteiger partial charge in [-0.2, -0.15) is 0 Å². The number of nitrogens with one attached hydrogen (secondary N) is 2. The number of nitrogens with two attached hydrogens (primary N) is 2. The first-order chi connectivity index (χ1) is 23.3. The SMILES string of the molecule is C=Cc1cc(C(=O)Cc2ccc(C(=N)N)cc2)c(-c2ccc(C(=O)NCC3CC3)nc2C(=O)OCC(C)OC(=O)[C@@H](N)C(C)C)cc1OC. The van der Waals surface area contributed by atoms with E-state index in [-0.39, 0.29) is 53.1 Å². The zero-order valence-corrected chi connectivity index (χ0v) is 28.2. The summed E-state index contributed by atoms with van der Waals surface area (Å²) in [5.41, 5.74) is 13.8. The monoisotopic (exact) mass is 669 g/mol. The Morgan fingerprint density at radius 2 is 1.76 bits per heavy atom. The smallest absolute Gasteiger partial charge is 0.357 e. The van der Waals surface area contributed by atoms with Crippen molar-refractivity contribution in [1.82, 2.24) is 10.3 Å². The molecule has 0 aliphatic heterocycles. The number of benzene rings is 2. The van der Waals surface area contributed by atoms with Gasteiger partial charge in [0.25, 0.3) is 5.91 Å². The van der Waals surface area contributed by atoms with Gasteiger partial charge in [0, 0.05) is 35.2 Å². The number of amidine groups is 1. The van der Waals surface area contributed by atoms with Crippen molar-refractivity contribution < 1.29 is 33.4 Å². The van der Waals surface area contributed by atoms with Gasteiger partial charge in [-0.05, 0) is 67.0 Å². The first kappa shape index (κ1) is 36.5. The molecule has 258 valence electrons. The van der Waals surface area contributed by atoms with Gasteiger partial charge in [-0.3, -0.25) is 19.8 Å². The van der Waals surface area contributed by atoms with E-state index in [9.17, 15) is 19.2 Å². The second kappa shape index (κ2) is 16.2. The number of methoxy groups -OCH3 is 1. The van der Waals surface area contributed by atoms with Crippen LogP contribution in [0.1, 0.15) is 81.6 Å². The van der Waals surface area contributed by atoms with Gasteiger partial charge in [0.15, 0.2) is 11.5 Å². The van der Waals surface area contributed by atoms with E-state index < -0.39 is 30.0 Å². The molecule has 1 aliphatic rings. The number of aromatic nitrogens is 1.